The molecule has 2 rings (SSSR count). The molecule has 1 unspecified atom stereocenters. The number of aromatic hydroxyl groups is 1. The van der Waals surface area contributed by atoms with Crippen molar-refractivity contribution in [3.63, 3.8) is 0 Å². The van der Waals surface area contributed by atoms with Crippen LogP contribution in [0.1, 0.15) is 10.4 Å². The number of methoxy groups -OCH3 is 1. The zero-order chi connectivity index (χ0) is 13.7. The molecular weight excluding hydrogens is 250 g/mol. The van der Waals surface area contributed by atoms with Gasteiger partial charge in [-0.15, -0.1) is 0 Å². The highest BCUT2D eigenvalue weighted by atomic mass is 16.6. The first-order chi connectivity index (χ1) is 9.20. The van der Waals surface area contributed by atoms with Gasteiger partial charge in [-0.25, -0.2) is 0 Å². The Bertz CT molecular complexity index is 443. The molecule has 19 heavy (non-hydrogen) atoms. The van der Waals surface area contributed by atoms with Gasteiger partial charge in [-0.1, -0.05) is 0 Å². The molecule has 104 valence electrons. The first-order valence-electron chi connectivity index (χ1n) is 6.05. The van der Waals surface area contributed by atoms with Crippen molar-refractivity contribution in [2.24, 2.45) is 0 Å². The van der Waals surface area contributed by atoms with Gasteiger partial charge >= 0.3 is 0 Å². The molecule has 1 fully saturated rings. The maximum absolute atomic E-state index is 11.9. The van der Waals surface area contributed by atoms with E-state index in [9.17, 15) is 9.90 Å². The number of hydrogen-bond donors (Lipinski definition) is 2. The van der Waals surface area contributed by atoms with E-state index in [-0.39, 0.29) is 23.3 Å². The first kappa shape index (κ1) is 13.6. The number of phenolic OH excluding ortho intramolecular Hbond substituents is 1. The second-order valence-electron chi connectivity index (χ2n) is 4.16. The smallest absolute Gasteiger partial charge is 0.255 e. The van der Waals surface area contributed by atoms with Crippen molar-refractivity contribution in [2.75, 3.05) is 33.5 Å². The van der Waals surface area contributed by atoms with Crippen LogP contribution in [-0.4, -0.2) is 50.6 Å². The molecule has 1 atom stereocenters. The minimum absolute atomic E-state index is 0.113. The molecule has 6 nitrogen and oxygen atoms in total. The van der Waals surface area contributed by atoms with Crippen molar-refractivity contribution in [3.05, 3.63) is 23.8 Å². The summed E-state index contributed by atoms with van der Waals surface area (Å²) < 4.78 is 15.6. The normalized spacial score (nSPS) is 18.9. The van der Waals surface area contributed by atoms with Crippen molar-refractivity contribution in [1.82, 2.24) is 5.32 Å². The number of hydrogen-bond acceptors (Lipinski definition) is 5. The Morgan fingerprint density at radius 3 is 3.00 bits per heavy atom. The van der Waals surface area contributed by atoms with Crippen molar-refractivity contribution in [1.29, 1.82) is 0 Å². The number of carbonyl (C=O) groups is 1. The molecule has 1 aliphatic rings. The number of rotatable bonds is 4. The lowest BCUT2D eigenvalue weighted by Crippen LogP contribution is -2.39. The minimum atomic E-state index is -0.352. The Morgan fingerprint density at radius 2 is 2.37 bits per heavy atom. The van der Waals surface area contributed by atoms with E-state index in [1.54, 1.807) is 6.07 Å². The molecule has 1 aromatic rings. The summed E-state index contributed by atoms with van der Waals surface area (Å²) in [4.78, 5) is 11.9. The molecule has 1 amide bonds. The largest absolute Gasteiger partial charge is 0.507 e. The quantitative estimate of drug-likeness (QED) is 0.833. The Hall–Kier alpha value is -1.79. The van der Waals surface area contributed by atoms with Gasteiger partial charge in [-0.2, -0.15) is 0 Å². The fourth-order valence-corrected chi connectivity index (χ4v) is 1.79. The molecule has 0 bridgehead atoms. The summed E-state index contributed by atoms with van der Waals surface area (Å²) >= 11 is 0. The van der Waals surface area contributed by atoms with Crippen molar-refractivity contribution in [3.8, 4) is 11.5 Å². The number of amides is 1. The maximum atomic E-state index is 11.9. The van der Waals surface area contributed by atoms with Crippen molar-refractivity contribution in [2.45, 2.75) is 6.10 Å². The van der Waals surface area contributed by atoms with E-state index in [4.69, 9.17) is 14.2 Å². The van der Waals surface area contributed by atoms with E-state index in [0.717, 1.165) is 0 Å². The molecular formula is C13H17NO5. The summed E-state index contributed by atoms with van der Waals surface area (Å²) in [7, 11) is 1.49. The molecule has 0 saturated carbocycles. The van der Waals surface area contributed by atoms with Crippen LogP contribution in [0.4, 0.5) is 0 Å². The number of benzene rings is 1. The number of phenols is 1. The third-order valence-corrected chi connectivity index (χ3v) is 2.82. The second-order valence-corrected chi connectivity index (χ2v) is 4.16. The van der Waals surface area contributed by atoms with E-state index >= 15 is 0 Å². The average Bonchev–Trinajstić information content (AvgIpc) is 2.45. The van der Waals surface area contributed by atoms with Crippen molar-refractivity contribution >= 4 is 5.91 Å². The van der Waals surface area contributed by atoms with Gasteiger partial charge in [0.1, 0.15) is 11.5 Å². The fourth-order valence-electron chi connectivity index (χ4n) is 1.79. The highest BCUT2D eigenvalue weighted by molar-refractivity contribution is 5.97. The molecule has 1 saturated heterocycles. The highest BCUT2D eigenvalue weighted by Crippen LogP contribution is 2.23. The predicted octanol–water partition coefficient (Wildman–Crippen LogP) is 0.546. The topological polar surface area (TPSA) is 77.0 Å². The first-order valence-corrected chi connectivity index (χ1v) is 6.05. The Labute approximate surface area is 111 Å². The van der Waals surface area contributed by atoms with E-state index in [2.05, 4.69) is 5.32 Å². The van der Waals surface area contributed by atoms with Crippen LogP contribution < -0.4 is 10.1 Å². The van der Waals surface area contributed by atoms with Crippen LogP contribution in [0, 0.1) is 0 Å². The molecule has 0 radical (unpaired) electrons. The van der Waals surface area contributed by atoms with Gasteiger partial charge in [0.05, 0.1) is 38.6 Å². The van der Waals surface area contributed by atoms with Crippen LogP contribution in [-0.2, 0) is 9.47 Å². The summed E-state index contributed by atoms with van der Waals surface area (Å²) in [6.07, 6.45) is -0.141. The summed E-state index contributed by atoms with van der Waals surface area (Å²) in [6.45, 7) is 1.94. The van der Waals surface area contributed by atoms with Gasteiger partial charge in [0.25, 0.3) is 5.91 Å². The maximum Gasteiger partial charge on any atom is 0.255 e. The third kappa shape index (κ3) is 3.59. The molecule has 0 spiro atoms. The average molecular weight is 267 g/mol. The minimum Gasteiger partial charge on any atom is -0.507 e. The Balaban J connectivity index is 1.92. The van der Waals surface area contributed by atoms with Crippen LogP contribution >= 0.6 is 0 Å². The van der Waals surface area contributed by atoms with E-state index < -0.39 is 0 Å². The predicted molar refractivity (Wildman–Crippen MR) is 67.6 cm³/mol. The van der Waals surface area contributed by atoms with Gasteiger partial charge in [0.2, 0.25) is 0 Å². The molecule has 1 heterocycles. The summed E-state index contributed by atoms with van der Waals surface area (Å²) in [6, 6.07) is 4.53. The zero-order valence-corrected chi connectivity index (χ0v) is 10.7. The van der Waals surface area contributed by atoms with E-state index in [1.807, 2.05) is 0 Å². The van der Waals surface area contributed by atoms with Crippen LogP contribution in [0.2, 0.25) is 0 Å². The second kappa shape index (κ2) is 6.40. The number of nitrogens with one attached hydrogen (secondary N) is 1. The molecule has 6 heteroatoms. The molecule has 0 aliphatic carbocycles. The van der Waals surface area contributed by atoms with Gasteiger partial charge in [-0.3, -0.25) is 4.79 Å². The Kier molecular flexibility index (Phi) is 4.59. The zero-order valence-electron chi connectivity index (χ0n) is 10.7. The standard InChI is InChI=1S/C13H17NO5/c1-17-9-2-3-11(12(15)6-9)13(16)14-7-10-8-18-4-5-19-10/h2-3,6,10,15H,4-5,7-8H2,1H3,(H,14,16). The summed E-state index contributed by atoms with van der Waals surface area (Å²) in [5, 5.41) is 12.4. The van der Waals surface area contributed by atoms with Crippen molar-refractivity contribution < 1.29 is 24.1 Å². The van der Waals surface area contributed by atoms with Gasteiger partial charge in [-0.05, 0) is 12.1 Å². The van der Waals surface area contributed by atoms with Gasteiger partial charge < -0.3 is 24.6 Å². The van der Waals surface area contributed by atoms with Crippen LogP contribution in [0.25, 0.3) is 0 Å². The lowest BCUT2D eigenvalue weighted by molar-refractivity contribution is -0.0855. The molecule has 1 aliphatic heterocycles. The van der Waals surface area contributed by atoms with E-state index in [1.165, 1.54) is 19.2 Å². The van der Waals surface area contributed by atoms with Crippen LogP contribution in [0.5, 0.6) is 11.5 Å². The Morgan fingerprint density at radius 1 is 1.53 bits per heavy atom. The number of carbonyl (C=O) groups excluding carboxylic acids is 1. The SMILES string of the molecule is COc1ccc(C(=O)NCC2COCCO2)c(O)c1. The lowest BCUT2D eigenvalue weighted by Gasteiger charge is -2.23. The van der Waals surface area contributed by atoms with Gasteiger partial charge in [0, 0.05) is 12.6 Å². The molecule has 2 N–H and O–H groups in total. The fraction of sp³-hybridized carbons (Fsp3) is 0.462. The summed E-state index contributed by atoms with van der Waals surface area (Å²) in [5.41, 5.74) is 0.206. The monoisotopic (exact) mass is 267 g/mol. The van der Waals surface area contributed by atoms with Crippen LogP contribution in [0.3, 0.4) is 0 Å². The molecule has 0 aromatic heterocycles. The van der Waals surface area contributed by atoms with E-state index in [0.29, 0.717) is 32.1 Å². The van der Waals surface area contributed by atoms with Gasteiger partial charge in [0.15, 0.2) is 0 Å². The number of ether oxygens (including phenoxy) is 3. The molecule has 1 aromatic carbocycles. The third-order valence-electron chi connectivity index (χ3n) is 2.82. The summed E-state index contributed by atoms with van der Waals surface area (Å²) in [5.74, 6) is 0.0325. The highest BCUT2D eigenvalue weighted by Gasteiger charge is 2.17. The van der Waals surface area contributed by atoms with Crippen LogP contribution in [0.15, 0.2) is 18.2 Å². The lowest BCUT2D eigenvalue weighted by atomic mass is 10.1.